The molecule has 0 radical (unpaired) electrons. The number of hydrogen-bond donors (Lipinski definition) is 1. The lowest BCUT2D eigenvalue weighted by molar-refractivity contribution is -0.121. The number of carbonyl (C=O) groups is 2. The molecule has 0 aliphatic heterocycles. The van der Waals surface area contributed by atoms with Gasteiger partial charge < -0.3 is 15.0 Å². The minimum absolute atomic E-state index is 0.0499. The maximum Gasteiger partial charge on any atom is 0.223 e. The van der Waals surface area contributed by atoms with Gasteiger partial charge in [0.1, 0.15) is 5.75 Å². The van der Waals surface area contributed by atoms with Crippen LogP contribution in [0.2, 0.25) is 0 Å². The molecule has 5 heteroatoms. The molecular weight excluding hydrogens is 328 g/mol. The first-order chi connectivity index (χ1) is 12.6. The van der Waals surface area contributed by atoms with Gasteiger partial charge in [-0.15, -0.1) is 0 Å². The van der Waals surface area contributed by atoms with E-state index in [1.807, 2.05) is 54.6 Å². The second-order valence-electron chi connectivity index (χ2n) is 6.01. The molecule has 2 rings (SSSR count). The lowest BCUT2D eigenvalue weighted by Crippen LogP contribution is -2.34. The molecule has 0 aliphatic carbocycles. The van der Waals surface area contributed by atoms with Gasteiger partial charge in [-0.2, -0.15) is 0 Å². The van der Waals surface area contributed by atoms with Crippen LogP contribution in [0.5, 0.6) is 11.5 Å². The van der Waals surface area contributed by atoms with Gasteiger partial charge in [0.05, 0.1) is 5.69 Å². The smallest absolute Gasteiger partial charge is 0.223 e. The van der Waals surface area contributed by atoms with E-state index in [1.165, 1.54) is 6.92 Å². The predicted octanol–water partition coefficient (Wildman–Crippen LogP) is 4.14. The number of rotatable bonds is 9. The molecule has 1 N–H and O–H groups in total. The summed E-state index contributed by atoms with van der Waals surface area (Å²) in [5.41, 5.74) is 0.658. The molecule has 138 valence electrons. The zero-order valence-corrected chi connectivity index (χ0v) is 15.4. The number of nitrogens with zero attached hydrogens (tertiary/aromatic N) is 1. The average molecular weight is 354 g/mol. The molecule has 0 saturated carbocycles. The summed E-state index contributed by atoms with van der Waals surface area (Å²) < 4.78 is 5.93. The number of amides is 2. The third kappa shape index (κ3) is 5.92. The normalized spacial score (nSPS) is 10.2. The van der Waals surface area contributed by atoms with Crippen molar-refractivity contribution in [3.05, 3.63) is 54.6 Å². The molecule has 2 amide bonds. The molecule has 0 unspecified atom stereocenters. The third-order valence-electron chi connectivity index (χ3n) is 3.92. The summed E-state index contributed by atoms with van der Waals surface area (Å²) in [6.45, 7) is 4.55. The zero-order valence-electron chi connectivity index (χ0n) is 15.4. The highest BCUT2D eigenvalue weighted by atomic mass is 16.5. The van der Waals surface area contributed by atoms with Crippen molar-refractivity contribution in [3.63, 3.8) is 0 Å². The molecule has 0 atom stereocenters. The van der Waals surface area contributed by atoms with E-state index in [1.54, 1.807) is 4.90 Å². The van der Waals surface area contributed by atoms with Gasteiger partial charge >= 0.3 is 0 Å². The molecule has 26 heavy (non-hydrogen) atoms. The number of carbonyl (C=O) groups excluding carboxylic acids is 2. The quantitative estimate of drug-likeness (QED) is 0.689. The average Bonchev–Trinajstić information content (AvgIpc) is 2.64. The Bertz CT molecular complexity index is 716. The fraction of sp³-hybridized carbons (Fsp3) is 0.333. The van der Waals surface area contributed by atoms with Crippen molar-refractivity contribution in [2.45, 2.75) is 33.1 Å². The fourth-order valence-corrected chi connectivity index (χ4v) is 2.54. The molecule has 0 heterocycles. The van der Waals surface area contributed by atoms with Crippen molar-refractivity contribution in [2.24, 2.45) is 0 Å². The summed E-state index contributed by atoms with van der Waals surface area (Å²) in [7, 11) is 0. The molecule has 2 aromatic carbocycles. The highest BCUT2D eigenvalue weighted by Gasteiger charge is 2.17. The lowest BCUT2D eigenvalue weighted by Gasteiger charge is -2.23. The van der Waals surface area contributed by atoms with Crippen molar-refractivity contribution in [3.8, 4) is 11.5 Å². The van der Waals surface area contributed by atoms with E-state index >= 15 is 0 Å². The zero-order chi connectivity index (χ0) is 18.8. The Hall–Kier alpha value is -2.82. The van der Waals surface area contributed by atoms with E-state index in [0.29, 0.717) is 30.3 Å². The molecule has 0 bridgehead atoms. The number of benzene rings is 2. The van der Waals surface area contributed by atoms with E-state index in [4.69, 9.17) is 4.74 Å². The van der Waals surface area contributed by atoms with E-state index in [9.17, 15) is 9.59 Å². The van der Waals surface area contributed by atoms with Gasteiger partial charge in [-0.3, -0.25) is 9.59 Å². The van der Waals surface area contributed by atoms with Gasteiger partial charge in [-0.25, -0.2) is 0 Å². The topological polar surface area (TPSA) is 58.6 Å². The number of para-hydroxylation sites is 3. The van der Waals surface area contributed by atoms with E-state index in [0.717, 1.165) is 12.8 Å². The molecule has 0 aliphatic rings. The van der Waals surface area contributed by atoms with Crippen LogP contribution in [0.1, 0.15) is 33.1 Å². The first-order valence-corrected chi connectivity index (χ1v) is 8.98. The second kappa shape index (κ2) is 10.2. The Kier molecular flexibility index (Phi) is 7.68. The summed E-state index contributed by atoms with van der Waals surface area (Å²) in [5.74, 6) is 1.10. The third-order valence-corrected chi connectivity index (χ3v) is 3.92. The number of unbranched alkanes of at least 4 members (excludes halogenated alkanes) is 1. The van der Waals surface area contributed by atoms with Gasteiger partial charge in [0.25, 0.3) is 0 Å². The van der Waals surface area contributed by atoms with Crippen LogP contribution in [0.4, 0.5) is 5.69 Å². The highest BCUT2D eigenvalue weighted by molar-refractivity contribution is 5.94. The molecular formula is C21H26N2O3. The summed E-state index contributed by atoms with van der Waals surface area (Å²) in [6, 6.07) is 16.8. The van der Waals surface area contributed by atoms with Crippen LogP contribution < -0.4 is 15.0 Å². The Labute approximate surface area is 155 Å². The summed E-state index contributed by atoms with van der Waals surface area (Å²) in [4.78, 5) is 25.7. The van der Waals surface area contributed by atoms with Gasteiger partial charge in [0.2, 0.25) is 11.8 Å². The highest BCUT2D eigenvalue weighted by Crippen LogP contribution is 2.32. The van der Waals surface area contributed by atoms with Crippen molar-refractivity contribution in [2.75, 3.05) is 18.0 Å². The van der Waals surface area contributed by atoms with E-state index in [-0.39, 0.29) is 18.2 Å². The predicted molar refractivity (Wildman–Crippen MR) is 104 cm³/mol. The maximum absolute atomic E-state index is 12.2. The minimum Gasteiger partial charge on any atom is -0.455 e. The van der Waals surface area contributed by atoms with Crippen molar-refractivity contribution in [1.29, 1.82) is 0 Å². The number of ether oxygens (including phenoxy) is 1. The standard InChI is InChI=1S/C21H26N2O3/c1-3-4-15-22-21(25)14-16-23(17(2)24)19-12-8-9-13-20(19)26-18-10-6-5-7-11-18/h5-13H,3-4,14-16H2,1-2H3,(H,22,25). The number of nitrogens with one attached hydrogen (secondary N) is 1. The van der Waals surface area contributed by atoms with Crippen LogP contribution >= 0.6 is 0 Å². The van der Waals surface area contributed by atoms with Gasteiger partial charge in [0, 0.05) is 26.4 Å². The van der Waals surface area contributed by atoms with Crippen LogP contribution in [-0.4, -0.2) is 24.9 Å². The van der Waals surface area contributed by atoms with Crippen LogP contribution in [0.3, 0.4) is 0 Å². The SMILES string of the molecule is CCCCNC(=O)CCN(C(C)=O)c1ccccc1Oc1ccccc1. The van der Waals surface area contributed by atoms with E-state index < -0.39 is 0 Å². The Morgan fingerprint density at radius 1 is 1.04 bits per heavy atom. The Morgan fingerprint density at radius 3 is 2.42 bits per heavy atom. The first kappa shape index (κ1) is 19.5. The van der Waals surface area contributed by atoms with Crippen molar-refractivity contribution < 1.29 is 14.3 Å². The van der Waals surface area contributed by atoms with Crippen LogP contribution in [-0.2, 0) is 9.59 Å². The number of hydrogen-bond acceptors (Lipinski definition) is 3. The molecule has 0 fully saturated rings. The van der Waals surface area contributed by atoms with Crippen molar-refractivity contribution in [1.82, 2.24) is 5.32 Å². The summed E-state index contributed by atoms with van der Waals surface area (Å²) in [5, 5.41) is 2.88. The molecule has 0 saturated heterocycles. The van der Waals surface area contributed by atoms with Gasteiger partial charge in [0.15, 0.2) is 5.75 Å². The van der Waals surface area contributed by atoms with Crippen molar-refractivity contribution >= 4 is 17.5 Å². The second-order valence-corrected chi connectivity index (χ2v) is 6.01. The van der Waals surface area contributed by atoms with Crippen LogP contribution in [0.15, 0.2) is 54.6 Å². The fourth-order valence-electron chi connectivity index (χ4n) is 2.54. The number of anilines is 1. The van der Waals surface area contributed by atoms with Crippen LogP contribution in [0.25, 0.3) is 0 Å². The maximum atomic E-state index is 12.2. The van der Waals surface area contributed by atoms with Gasteiger partial charge in [-0.05, 0) is 30.7 Å². The van der Waals surface area contributed by atoms with E-state index in [2.05, 4.69) is 12.2 Å². The molecule has 0 aromatic heterocycles. The lowest BCUT2D eigenvalue weighted by atomic mass is 10.2. The van der Waals surface area contributed by atoms with Gasteiger partial charge in [-0.1, -0.05) is 43.7 Å². The molecule has 0 spiro atoms. The first-order valence-electron chi connectivity index (χ1n) is 8.98. The Morgan fingerprint density at radius 2 is 1.73 bits per heavy atom. The minimum atomic E-state index is -0.129. The van der Waals surface area contributed by atoms with Crippen LogP contribution in [0, 0.1) is 0 Å². The largest absolute Gasteiger partial charge is 0.455 e. The monoisotopic (exact) mass is 354 g/mol. The molecule has 2 aromatic rings. The summed E-state index contributed by atoms with van der Waals surface area (Å²) >= 11 is 0. The molecule has 5 nitrogen and oxygen atoms in total. The summed E-state index contributed by atoms with van der Waals surface area (Å²) in [6.07, 6.45) is 2.24. The Balaban J connectivity index is 2.09.